The molecule has 0 unspecified atom stereocenters. The molecule has 0 aliphatic heterocycles. The summed E-state index contributed by atoms with van der Waals surface area (Å²) in [6.45, 7) is 12.9. The van der Waals surface area contributed by atoms with Gasteiger partial charge in [0, 0.05) is 11.0 Å². The van der Waals surface area contributed by atoms with Gasteiger partial charge in [-0.05, 0) is 37.5 Å². The number of nitrogens with zero attached hydrogens (tertiary/aromatic N) is 1. The Morgan fingerprint density at radius 2 is 1.26 bits per heavy atom. The lowest BCUT2D eigenvalue weighted by Gasteiger charge is -2.25. The van der Waals surface area contributed by atoms with Gasteiger partial charge < -0.3 is 5.43 Å². The summed E-state index contributed by atoms with van der Waals surface area (Å²) >= 11 is 0. The molecule has 0 aliphatic carbocycles. The van der Waals surface area contributed by atoms with Crippen LogP contribution < -0.4 is 5.43 Å². The quantitative estimate of drug-likeness (QED) is 0.588. The van der Waals surface area contributed by atoms with Crippen molar-refractivity contribution in [1.29, 1.82) is 0 Å². The molecule has 0 heterocycles. The van der Waals surface area contributed by atoms with Gasteiger partial charge in [0.25, 0.3) is 0 Å². The first-order chi connectivity index (χ1) is 10.7. The van der Waals surface area contributed by atoms with Crippen molar-refractivity contribution in [2.75, 3.05) is 0 Å². The molecule has 2 aromatic carbocycles. The molecule has 2 nitrogen and oxygen atoms in total. The molecule has 122 valence electrons. The summed E-state index contributed by atoms with van der Waals surface area (Å²) in [5, 5.41) is 4.71. The predicted octanol–water partition coefficient (Wildman–Crippen LogP) is 5.49. The Bertz CT molecular complexity index is 654. The Labute approximate surface area is 140 Å². The average Bonchev–Trinajstić information content (AvgIpc) is 2.46. The van der Waals surface area contributed by atoms with E-state index in [1.807, 2.05) is 6.07 Å². The van der Waals surface area contributed by atoms with Gasteiger partial charge >= 0.3 is 0 Å². The lowest BCUT2D eigenvalue weighted by atomic mass is 9.85. The van der Waals surface area contributed by atoms with E-state index in [2.05, 4.69) is 95.5 Å². The number of rotatable bonds is 3. The van der Waals surface area contributed by atoms with Crippen molar-refractivity contribution in [2.45, 2.75) is 47.1 Å². The summed E-state index contributed by atoms with van der Waals surface area (Å²) in [6, 6.07) is 19.1. The van der Waals surface area contributed by atoms with Gasteiger partial charge in [0.1, 0.15) is 0 Å². The molecule has 2 aromatic rings. The summed E-state index contributed by atoms with van der Waals surface area (Å²) in [4.78, 5) is 0. The van der Waals surface area contributed by atoms with E-state index in [0.717, 1.165) is 11.3 Å². The third-order valence-electron chi connectivity index (χ3n) is 3.48. The van der Waals surface area contributed by atoms with Gasteiger partial charge in [-0.3, -0.25) is 0 Å². The molecule has 0 aliphatic rings. The zero-order valence-corrected chi connectivity index (χ0v) is 15.1. The fourth-order valence-electron chi connectivity index (χ4n) is 2.34. The Hall–Kier alpha value is -2.09. The lowest BCUT2D eigenvalue weighted by Crippen LogP contribution is -2.34. The van der Waals surface area contributed by atoms with E-state index in [4.69, 9.17) is 5.10 Å². The van der Waals surface area contributed by atoms with Gasteiger partial charge in [0.2, 0.25) is 0 Å². The second kappa shape index (κ2) is 6.57. The van der Waals surface area contributed by atoms with E-state index in [-0.39, 0.29) is 11.0 Å². The highest BCUT2D eigenvalue weighted by molar-refractivity contribution is 6.04. The molecular weight excluding hydrogens is 280 g/mol. The number of nitrogens with one attached hydrogen (secondary N) is 1. The maximum absolute atomic E-state index is 4.71. The van der Waals surface area contributed by atoms with Crippen LogP contribution in [0.2, 0.25) is 0 Å². The smallest absolute Gasteiger partial charge is 0.0728 e. The predicted molar refractivity (Wildman–Crippen MR) is 101 cm³/mol. The van der Waals surface area contributed by atoms with Gasteiger partial charge in [-0.1, -0.05) is 75.4 Å². The van der Waals surface area contributed by atoms with Crippen molar-refractivity contribution in [2.24, 2.45) is 10.5 Å². The summed E-state index contributed by atoms with van der Waals surface area (Å²) < 4.78 is 0. The fraction of sp³-hybridized carbons (Fsp3) is 0.381. The van der Waals surface area contributed by atoms with Crippen LogP contribution in [0.1, 0.15) is 47.1 Å². The summed E-state index contributed by atoms with van der Waals surface area (Å²) in [5.41, 5.74) is 7.90. The first kappa shape index (κ1) is 17.3. The summed E-state index contributed by atoms with van der Waals surface area (Å²) in [6.07, 6.45) is 0. The van der Waals surface area contributed by atoms with Crippen LogP contribution in [0.5, 0.6) is 0 Å². The topological polar surface area (TPSA) is 24.4 Å². The van der Waals surface area contributed by atoms with Crippen LogP contribution in [0, 0.1) is 5.41 Å². The third kappa shape index (κ3) is 4.95. The molecule has 0 saturated heterocycles. The van der Waals surface area contributed by atoms with Crippen molar-refractivity contribution in [3.8, 4) is 11.1 Å². The minimum atomic E-state index is -0.0412. The highest BCUT2D eigenvalue weighted by atomic mass is 15.3. The molecule has 0 amide bonds. The first-order valence-electron chi connectivity index (χ1n) is 8.18. The molecule has 2 rings (SSSR count). The molecule has 0 saturated carbocycles. The van der Waals surface area contributed by atoms with Crippen molar-refractivity contribution in [1.82, 2.24) is 5.43 Å². The molecule has 0 fully saturated rings. The van der Waals surface area contributed by atoms with Crippen LogP contribution in [0.3, 0.4) is 0 Å². The standard InChI is InChI=1S/C21H28N2/c1-20(2,3)19(22-23-21(4,5)6)18-14-12-17(13-15-18)16-10-8-7-9-11-16/h7-15,23H,1-6H3/b22-19-. The minimum absolute atomic E-state index is 0.0213. The van der Waals surface area contributed by atoms with E-state index in [0.29, 0.717) is 0 Å². The van der Waals surface area contributed by atoms with Crippen LogP contribution in [0.25, 0.3) is 11.1 Å². The van der Waals surface area contributed by atoms with Gasteiger partial charge in [-0.2, -0.15) is 5.10 Å². The zero-order valence-electron chi connectivity index (χ0n) is 15.1. The SMILES string of the molecule is CC(C)(C)N/N=C(/c1ccc(-c2ccccc2)cc1)C(C)(C)C. The van der Waals surface area contributed by atoms with Gasteiger partial charge in [0.15, 0.2) is 0 Å². The largest absolute Gasteiger partial charge is 0.305 e. The maximum Gasteiger partial charge on any atom is 0.0728 e. The molecule has 0 aromatic heterocycles. The molecule has 0 radical (unpaired) electrons. The van der Waals surface area contributed by atoms with Crippen LogP contribution in [-0.4, -0.2) is 11.3 Å². The van der Waals surface area contributed by atoms with Crippen LogP contribution in [-0.2, 0) is 0 Å². The Balaban J connectivity index is 2.34. The van der Waals surface area contributed by atoms with Crippen LogP contribution >= 0.6 is 0 Å². The zero-order chi connectivity index (χ0) is 17.1. The maximum atomic E-state index is 4.71. The first-order valence-corrected chi connectivity index (χ1v) is 8.18. The lowest BCUT2D eigenvalue weighted by molar-refractivity contribution is 0.435. The second-order valence-corrected chi connectivity index (χ2v) is 8.02. The fourth-order valence-corrected chi connectivity index (χ4v) is 2.34. The van der Waals surface area contributed by atoms with Crippen molar-refractivity contribution in [3.05, 3.63) is 60.2 Å². The molecular formula is C21H28N2. The van der Waals surface area contributed by atoms with E-state index in [1.54, 1.807) is 0 Å². The van der Waals surface area contributed by atoms with Crippen molar-refractivity contribution < 1.29 is 0 Å². The molecule has 0 atom stereocenters. The van der Waals surface area contributed by atoms with Gasteiger partial charge in [0.05, 0.1) is 5.71 Å². The van der Waals surface area contributed by atoms with Crippen molar-refractivity contribution >= 4 is 5.71 Å². The van der Waals surface area contributed by atoms with E-state index >= 15 is 0 Å². The third-order valence-corrected chi connectivity index (χ3v) is 3.48. The van der Waals surface area contributed by atoms with E-state index in [1.165, 1.54) is 11.1 Å². The molecule has 23 heavy (non-hydrogen) atoms. The van der Waals surface area contributed by atoms with Crippen LogP contribution in [0.15, 0.2) is 59.7 Å². The van der Waals surface area contributed by atoms with Gasteiger partial charge in [-0.25, -0.2) is 0 Å². The van der Waals surface area contributed by atoms with Crippen molar-refractivity contribution in [3.63, 3.8) is 0 Å². The molecule has 1 N–H and O–H groups in total. The van der Waals surface area contributed by atoms with Gasteiger partial charge in [-0.15, -0.1) is 0 Å². The normalized spacial score (nSPS) is 13.0. The number of benzene rings is 2. The van der Waals surface area contributed by atoms with Crippen LogP contribution in [0.4, 0.5) is 0 Å². The second-order valence-electron chi connectivity index (χ2n) is 8.02. The van der Waals surface area contributed by atoms with E-state index in [9.17, 15) is 0 Å². The molecule has 0 spiro atoms. The highest BCUT2D eigenvalue weighted by Crippen LogP contribution is 2.25. The Kier molecular flexibility index (Phi) is 4.93. The molecule has 2 heteroatoms. The summed E-state index contributed by atoms with van der Waals surface area (Å²) in [7, 11) is 0. The number of hydrazone groups is 1. The summed E-state index contributed by atoms with van der Waals surface area (Å²) in [5.74, 6) is 0. The average molecular weight is 308 g/mol. The number of hydrogen-bond acceptors (Lipinski definition) is 2. The highest BCUT2D eigenvalue weighted by Gasteiger charge is 2.22. The van der Waals surface area contributed by atoms with E-state index < -0.39 is 0 Å². The number of hydrogen-bond donors (Lipinski definition) is 1. The minimum Gasteiger partial charge on any atom is -0.305 e. The molecule has 0 bridgehead atoms. The monoisotopic (exact) mass is 308 g/mol. The Morgan fingerprint density at radius 3 is 1.74 bits per heavy atom. The Morgan fingerprint density at radius 1 is 0.739 bits per heavy atom.